The van der Waals surface area contributed by atoms with Gasteiger partial charge in [-0.15, -0.1) is 13.2 Å². The van der Waals surface area contributed by atoms with Crippen molar-refractivity contribution < 1.29 is 26.3 Å². The summed E-state index contributed by atoms with van der Waals surface area (Å²) in [5.41, 5.74) is 9.44. The van der Waals surface area contributed by atoms with Gasteiger partial charge in [0.15, 0.2) is 9.84 Å². The van der Waals surface area contributed by atoms with E-state index in [0.717, 1.165) is 40.6 Å². The second kappa shape index (κ2) is 9.36. The molecule has 2 N–H and O–H groups in total. The van der Waals surface area contributed by atoms with Gasteiger partial charge in [0.05, 0.1) is 11.5 Å². The van der Waals surface area contributed by atoms with E-state index in [1.165, 1.54) is 12.1 Å². The number of fused-ring (bicyclic) bond motifs is 1. The maximum absolute atomic E-state index is 12.5. The Balaban J connectivity index is 1.65. The third-order valence-corrected chi connectivity index (χ3v) is 7.40. The molecule has 0 atom stereocenters. The maximum atomic E-state index is 12.5. The molecule has 0 saturated carbocycles. The minimum Gasteiger partial charge on any atom is -0.406 e. The zero-order valence-corrected chi connectivity index (χ0v) is 18.8. The highest BCUT2D eigenvalue weighted by Crippen LogP contribution is 2.34. The number of sulfone groups is 1. The van der Waals surface area contributed by atoms with Crippen molar-refractivity contribution in [3.05, 3.63) is 54.2 Å². The van der Waals surface area contributed by atoms with E-state index in [9.17, 15) is 21.6 Å². The molecule has 0 aliphatic carbocycles. The van der Waals surface area contributed by atoms with Gasteiger partial charge in [0.2, 0.25) is 0 Å². The summed E-state index contributed by atoms with van der Waals surface area (Å²) in [6.07, 6.45) is -1.94. The Hall–Kier alpha value is -2.56. The number of halogens is 3. The van der Waals surface area contributed by atoms with E-state index in [2.05, 4.69) is 20.3 Å². The van der Waals surface area contributed by atoms with Crippen LogP contribution in [0.2, 0.25) is 0 Å². The minimum absolute atomic E-state index is 0.169. The number of hydrogen-bond acceptors (Lipinski definition) is 5. The van der Waals surface area contributed by atoms with Crippen LogP contribution in [0.5, 0.6) is 5.75 Å². The lowest BCUT2D eigenvalue weighted by atomic mass is 10.0. The summed E-state index contributed by atoms with van der Waals surface area (Å²) < 4.78 is 67.0. The predicted octanol–water partition coefficient (Wildman–Crippen LogP) is 3.79. The molecule has 10 heteroatoms. The van der Waals surface area contributed by atoms with E-state index in [4.69, 9.17) is 5.73 Å². The molecule has 0 bridgehead atoms. The Labute approximate surface area is 190 Å². The molecule has 6 nitrogen and oxygen atoms in total. The quantitative estimate of drug-likeness (QED) is 0.556. The van der Waals surface area contributed by atoms with Crippen molar-refractivity contribution in [3.63, 3.8) is 0 Å². The molecule has 0 unspecified atom stereocenters. The van der Waals surface area contributed by atoms with Crippen LogP contribution in [-0.4, -0.2) is 55.4 Å². The molecule has 1 saturated heterocycles. The van der Waals surface area contributed by atoms with E-state index in [1.807, 2.05) is 18.3 Å². The van der Waals surface area contributed by atoms with Crippen molar-refractivity contribution in [3.8, 4) is 16.9 Å². The Kier molecular flexibility index (Phi) is 6.69. The van der Waals surface area contributed by atoms with Crippen molar-refractivity contribution in [2.45, 2.75) is 25.9 Å². The summed E-state index contributed by atoms with van der Waals surface area (Å²) in [4.78, 5) is 2.12. The van der Waals surface area contributed by atoms with E-state index in [-0.39, 0.29) is 17.3 Å². The summed E-state index contributed by atoms with van der Waals surface area (Å²) in [5.74, 6) is 0.0730. The smallest absolute Gasteiger partial charge is 0.406 e. The number of aromatic nitrogens is 1. The van der Waals surface area contributed by atoms with Crippen molar-refractivity contribution in [2.24, 2.45) is 5.73 Å². The molecule has 1 aromatic heterocycles. The maximum Gasteiger partial charge on any atom is 0.573 e. The molecule has 1 aliphatic heterocycles. The molecular formula is C23H26F3N3O3S. The number of nitrogens with two attached hydrogens (primary N) is 1. The standard InChI is InChI=1S/C23H26F3N3O3S/c24-23(25,26)32-19-5-3-18(4-6-19)21-16-29(9-1-8-27)22-7-2-17(14-20(21)22)15-28-10-12-33(30,31)13-11-28/h2-7,14,16H,1,8-13,15,27H2. The average Bonchev–Trinajstić information content (AvgIpc) is 3.11. The highest BCUT2D eigenvalue weighted by molar-refractivity contribution is 7.91. The Morgan fingerprint density at radius 2 is 1.73 bits per heavy atom. The average molecular weight is 482 g/mol. The first-order valence-electron chi connectivity index (χ1n) is 10.7. The highest BCUT2D eigenvalue weighted by atomic mass is 32.2. The van der Waals surface area contributed by atoms with Crippen LogP contribution in [-0.2, 0) is 22.9 Å². The van der Waals surface area contributed by atoms with Gasteiger partial charge in [0.1, 0.15) is 5.75 Å². The molecule has 0 amide bonds. The summed E-state index contributed by atoms with van der Waals surface area (Å²) in [7, 11) is -2.94. The normalized spacial score (nSPS) is 16.8. The zero-order valence-electron chi connectivity index (χ0n) is 18.0. The molecule has 0 radical (unpaired) electrons. The second-order valence-corrected chi connectivity index (χ2v) is 10.5. The lowest BCUT2D eigenvalue weighted by Crippen LogP contribution is -2.39. The van der Waals surface area contributed by atoms with Crippen molar-refractivity contribution in [1.82, 2.24) is 9.47 Å². The zero-order chi connectivity index (χ0) is 23.6. The summed E-state index contributed by atoms with van der Waals surface area (Å²) in [5, 5.41) is 0.985. The van der Waals surface area contributed by atoms with Crippen LogP contribution in [0.4, 0.5) is 13.2 Å². The van der Waals surface area contributed by atoms with E-state index < -0.39 is 16.2 Å². The number of hydrogen-bond donors (Lipinski definition) is 1. The fourth-order valence-corrected chi connectivity index (χ4v) is 5.40. The van der Waals surface area contributed by atoms with E-state index >= 15 is 0 Å². The van der Waals surface area contributed by atoms with Gasteiger partial charge in [0.25, 0.3) is 0 Å². The topological polar surface area (TPSA) is 77.6 Å². The van der Waals surface area contributed by atoms with E-state index in [1.54, 1.807) is 12.1 Å². The number of benzene rings is 2. The first kappa shape index (κ1) is 23.6. The first-order valence-corrected chi connectivity index (χ1v) is 12.6. The fraction of sp³-hybridized carbons (Fsp3) is 0.391. The number of ether oxygens (including phenoxy) is 1. The predicted molar refractivity (Wildman–Crippen MR) is 122 cm³/mol. The number of nitrogens with zero attached hydrogens (tertiary/aromatic N) is 2. The SMILES string of the molecule is NCCCn1cc(-c2ccc(OC(F)(F)F)cc2)c2cc(CN3CCS(=O)(=O)CC3)ccc21. The number of rotatable bonds is 7. The molecule has 2 aromatic carbocycles. The van der Waals surface area contributed by atoms with Crippen molar-refractivity contribution in [1.29, 1.82) is 0 Å². The number of aryl methyl sites for hydroxylation is 1. The van der Waals surface area contributed by atoms with Gasteiger partial charge in [-0.2, -0.15) is 0 Å². The molecule has 3 aromatic rings. The minimum atomic E-state index is -4.73. The molecular weight excluding hydrogens is 455 g/mol. The van der Waals surface area contributed by atoms with Gasteiger partial charge in [-0.05, 0) is 48.4 Å². The molecule has 178 valence electrons. The monoisotopic (exact) mass is 481 g/mol. The lowest BCUT2D eigenvalue weighted by Gasteiger charge is -2.26. The molecule has 33 heavy (non-hydrogen) atoms. The molecule has 1 aliphatic rings. The van der Waals surface area contributed by atoms with Gasteiger partial charge in [-0.25, -0.2) is 8.42 Å². The van der Waals surface area contributed by atoms with Gasteiger partial charge < -0.3 is 15.0 Å². The van der Waals surface area contributed by atoms with Gasteiger partial charge in [-0.3, -0.25) is 4.90 Å². The van der Waals surface area contributed by atoms with E-state index in [0.29, 0.717) is 26.2 Å². The van der Waals surface area contributed by atoms with Crippen LogP contribution in [0.3, 0.4) is 0 Å². The van der Waals surface area contributed by atoms with Crippen molar-refractivity contribution in [2.75, 3.05) is 31.1 Å². The Morgan fingerprint density at radius 3 is 2.36 bits per heavy atom. The summed E-state index contributed by atoms with van der Waals surface area (Å²) in [6.45, 7) is 2.92. The van der Waals surface area contributed by atoms with Crippen molar-refractivity contribution >= 4 is 20.7 Å². The number of alkyl halides is 3. The van der Waals surface area contributed by atoms with Crippen LogP contribution in [0.25, 0.3) is 22.0 Å². The molecule has 2 heterocycles. The Bertz CT molecular complexity index is 1210. The summed E-state index contributed by atoms with van der Waals surface area (Å²) in [6, 6.07) is 12.0. The summed E-state index contributed by atoms with van der Waals surface area (Å²) >= 11 is 0. The first-order chi connectivity index (χ1) is 15.6. The van der Waals surface area contributed by atoms with Crippen LogP contribution in [0.15, 0.2) is 48.7 Å². The van der Waals surface area contributed by atoms with Gasteiger partial charge >= 0.3 is 6.36 Å². The van der Waals surface area contributed by atoms with Gasteiger partial charge in [-0.1, -0.05) is 18.2 Å². The molecule has 4 rings (SSSR count). The highest BCUT2D eigenvalue weighted by Gasteiger charge is 2.31. The molecule has 0 spiro atoms. The Morgan fingerprint density at radius 1 is 1.03 bits per heavy atom. The van der Waals surface area contributed by atoms with Crippen LogP contribution < -0.4 is 10.5 Å². The fourth-order valence-electron chi connectivity index (χ4n) is 4.12. The third kappa shape index (κ3) is 5.87. The van der Waals surface area contributed by atoms with Crippen LogP contribution in [0, 0.1) is 0 Å². The third-order valence-electron chi connectivity index (χ3n) is 5.79. The van der Waals surface area contributed by atoms with Crippen LogP contribution >= 0.6 is 0 Å². The largest absolute Gasteiger partial charge is 0.573 e. The van der Waals surface area contributed by atoms with Crippen LogP contribution in [0.1, 0.15) is 12.0 Å². The second-order valence-electron chi connectivity index (χ2n) is 8.23. The van der Waals surface area contributed by atoms with Gasteiger partial charge in [0, 0.05) is 48.8 Å². The molecule has 1 fully saturated rings. The lowest BCUT2D eigenvalue weighted by molar-refractivity contribution is -0.274.